The minimum atomic E-state index is -0.0703. The summed E-state index contributed by atoms with van der Waals surface area (Å²) < 4.78 is 7.41. The molecule has 1 unspecified atom stereocenters. The fourth-order valence-corrected chi connectivity index (χ4v) is 2.65. The van der Waals surface area contributed by atoms with Crippen molar-refractivity contribution in [3.63, 3.8) is 0 Å². The molecule has 1 aliphatic heterocycles. The summed E-state index contributed by atoms with van der Waals surface area (Å²) in [5, 5.41) is 4.12. The Morgan fingerprint density at radius 3 is 3.05 bits per heavy atom. The zero-order valence-electron chi connectivity index (χ0n) is 12.4. The number of nitrogens with zero attached hydrogens (tertiary/aromatic N) is 3. The molecule has 1 saturated heterocycles. The molecule has 7 heteroatoms. The normalized spacial score (nSPS) is 18.6. The van der Waals surface area contributed by atoms with E-state index >= 15 is 0 Å². The van der Waals surface area contributed by atoms with Crippen molar-refractivity contribution >= 4 is 18.3 Å². The Hall–Kier alpha value is -1.79. The second-order valence-corrected chi connectivity index (χ2v) is 5.48. The molecule has 0 saturated carbocycles. The molecule has 22 heavy (non-hydrogen) atoms. The van der Waals surface area contributed by atoms with Gasteiger partial charge in [0.2, 0.25) is 0 Å². The molecular formula is C15H21ClN4O2. The predicted octanol–water partition coefficient (Wildman–Crippen LogP) is 1.90. The third-order valence-corrected chi connectivity index (χ3v) is 3.74. The molecule has 1 amide bonds. The lowest BCUT2D eigenvalue weighted by molar-refractivity contribution is 0.0721. The van der Waals surface area contributed by atoms with E-state index in [4.69, 9.17) is 10.2 Å². The summed E-state index contributed by atoms with van der Waals surface area (Å²) >= 11 is 0. The van der Waals surface area contributed by atoms with E-state index < -0.39 is 0 Å². The number of rotatable bonds is 3. The number of aromatic nitrogens is 2. The minimum Gasteiger partial charge on any atom is -0.454 e. The quantitative estimate of drug-likeness (QED) is 0.935. The Morgan fingerprint density at radius 1 is 1.41 bits per heavy atom. The molecule has 3 heterocycles. The molecule has 0 radical (unpaired) electrons. The molecule has 3 rings (SSSR count). The Labute approximate surface area is 135 Å². The van der Waals surface area contributed by atoms with Crippen LogP contribution in [0.4, 0.5) is 0 Å². The lowest BCUT2D eigenvalue weighted by Crippen LogP contribution is -2.39. The van der Waals surface area contributed by atoms with Crippen molar-refractivity contribution in [3.8, 4) is 0 Å². The second-order valence-electron chi connectivity index (χ2n) is 5.48. The van der Waals surface area contributed by atoms with Crippen LogP contribution >= 0.6 is 12.4 Å². The third-order valence-electron chi connectivity index (χ3n) is 3.74. The first-order valence-corrected chi connectivity index (χ1v) is 7.33. The first kappa shape index (κ1) is 16.6. The molecule has 2 aromatic rings. The predicted molar refractivity (Wildman–Crippen MR) is 85.0 cm³/mol. The minimum absolute atomic E-state index is 0. The van der Waals surface area contributed by atoms with Gasteiger partial charge in [-0.1, -0.05) is 6.42 Å². The van der Waals surface area contributed by atoms with Gasteiger partial charge in [0.25, 0.3) is 5.91 Å². The van der Waals surface area contributed by atoms with Crippen molar-refractivity contribution in [2.24, 2.45) is 5.73 Å². The van der Waals surface area contributed by atoms with Crippen molar-refractivity contribution in [2.75, 3.05) is 13.1 Å². The lowest BCUT2D eigenvalue weighted by Gasteiger charge is -2.21. The Morgan fingerprint density at radius 2 is 2.27 bits per heavy atom. The van der Waals surface area contributed by atoms with E-state index in [0.29, 0.717) is 18.8 Å². The van der Waals surface area contributed by atoms with Gasteiger partial charge < -0.3 is 15.1 Å². The molecule has 2 aromatic heterocycles. The third kappa shape index (κ3) is 3.90. The number of furan rings is 1. The van der Waals surface area contributed by atoms with Crippen LogP contribution in [-0.2, 0) is 6.54 Å². The van der Waals surface area contributed by atoms with Gasteiger partial charge in [-0.25, -0.2) is 0 Å². The van der Waals surface area contributed by atoms with Crippen LogP contribution in [0.3, 0.4) is 0 Å². The van der Waals surface area contributed by atoms with Gasteiger partial charge in [-0.05, 0) is 31.0 Å². The maximum absolute atomic E-state index is 12.5. The topological polar surface area (TPSA) is 77.3 Å². The average Bonchev–Trinajstić information content (AvgIpc) is 3.09. The maximum Gasteiger partial charge on any atom is 0.289 e. The highest BCUT2D eigenvalue weighted by Crippen LogP contribution is 2.15. The number of carbonyl (C=O) groups excluding carboxylic acids is 1. The number of nitrogens with two attached hydrogens (primary N) is 1. The van der Waals surface area contributed by atoms with Gasteiger partial charge >= 0.3 is 0 Å². The number of amides is 1. The maximum atomic E-state index is 12.5. The highest BCUT2D eigenvalue weighted by Gasteiger charge is 2.23. The molecule has 0 bridgehead atoms. The monoisotopic (exact) mass is 324 g/mol. The molecule has 0 spiro atoms. The molecule has 1 atom stereocenters. The summed E-state index contributed by atoms with van der Waals surface area (Å²) in [4.78, 5) is 14.3. The van der Waals surface area contributed by atoms with E-state index in [1.165, 1.54) is 0 Å². The van der Waals surface area contributed by atoms with Crippen molar-refractivity contribution in [1.29, 1.82) is 0 Å². The van der Waals surface area contributed by atoms with E-state index in [2.05, 4.69) is 5.10 Å². The van der Waals surface area contributed by atoms with E-state index in [1.54, 1.807) is 21.8 Å². The highest BCUT2D eigenvalue weighted by molar-refractivity contribution is 5.91. The number of halogens is 1. The van der Waals surface area contributed by atoms with Crippen LogP contribution in [0.2, 0.25) is 0 Å². The fourth-order valence-electron chi connectivity index (χ4n) is 2.65. The van der Waals surface area contributed by atoms with E-state index in [0.717, 1.165) is 31.6 Å². The first-order chi connectivity index (χ1) is 10.2. The summed E-state index contributed by atoms with van der Waals surface area (Å²) in [6.07, 6.45) is 6.63. The van der Waals surface area contributed by atoms with Crippen LogP contribution in [0.25, 0.3) is 0 Å². The molecule has 0 aliphatic carbocycles. The zero-order valence-corrected chi connectivity index (χ0v) is 13.2. The van der Waals surface area contributed by atoms with Gasteiger partial charge in [0.1, 0.15) is 5.76 Å². The van der Waals surface area contributed by atoms with Gasteiger partial charge in [0, 0.05) is 31.5 Å². The molecule has 120 valence electrons. The molecule has 6 nitrogen and oxygen atoms in total. The fraction of sp³-hybridized carbons (Fsp3) is 0.467. The first-order valence-electron chi connectivity index (χ1n) is 7.33. The van der Waals surface area contributed by atoms with Crippen LogP contribution in [0, 0.1) is 0 Å². The largest absolute Gasteiger partial charge is 0.454 e. The van der Waals surface area contributed by atoms with E-state index in [9.17, 15) is 4.79 Å². The molecule has 2 N–H and O–H groups in total. The number of carbonyl (C=O) groups is 1. The number of hydrogen-bond donors (Lipinski definition) is 1. The standard InChI is InChI=1S/C15H20N4O2.ClH/c16-12-4-1-2-8-18(10-12)15(20)14-6-5-13(21-14)11-19-9-3-7-17-19;/h3,5-7,9,12H,1-2,4,8,10-11,16H2;1H. The summed E-state index contributed by atoms with van der Waals surface area (Å²) in [7, 11) is 0. The van der Waals surface area contributed by atoms with Crippen LogP contribution in [0.1, 0.15) is 35.6 Å². The van der Waals surface area contributed by atoms with Gasteiger partial charge in [0.05, 0.1) is 6.54 Å². The Bertz CT molecular complexity index is 596. The Kier molecular flexibility index (Phi) is 5.63. The molecule has 1 aliphatic rings. The van der Waals surface area contributed by atoms with Crippen LogP contribution in [-0.4, -0.2) is 39.7 Å². The van der Waals surface area contributed by atoms with Crippen LogP contribution in [0.5, 0.6) is 0 Å². The van der Waals surface area contributed by atoms with E-state index in [1.807, 2.05) is 18.3 Å². The van der Waals surface area contributed by atoms with Crippen LogP contribution in [0.15, 0.2) is 35.0 Å². The van der Waals surface area contributed by atoms with Crippen molar-refractivity contribution in [1.82, 2.24) is 14.7 Å². The summed E-state index contributed by atoms with van der Waals surface area (Å²) in [5.74, 6) is 1.03. The number of hydrogen-bond acceptors (Lipinski definition) is 4. The smallest absolute Gasteiger partial charge is 0.289 e. The SMILES string of the molecule is Cl.NC1CCCCN(C(=O)c2ccc(Cn3cccn3)o2)C1. The molecular weight excluding hydrogens is 304 g/mol. The molecule has 0 aromatic carbocycles. The average molecular weight is 325 g/mol. The van der Waals surface area contributed by atoms with Gasteiger partial charge in [-0.15, -0.1) is 12.4 Å². The number of likely N-dealkylation sites (tertiary alicyclic amines) is 1. The summed E-state index contributed by atoms with van der Waals surface area (Å²) in [5.41, 5.74) is 6.00. The second kappa shape index (κ2) is 7.47. The summed E-state index contributed by atoms with van der Waals surface area (Å²) in [6, 6.07) is 5.48. The molecule has 1 fully saturated rings. The van der Waals surface area contributed by atoms with Gasteiger partial charge in [-0.3, -0.25) is 9.48 Å². The van der Waals surface area contributed by atoms with Gasteiger partial charge in [0.15, 0.2) is 5.76 Å². The highest BCUT2D eigenvalue weighted by atomic mass is 35.5. The van der Waals surface area contributed by atoms with E-state index in [-0.39, 0.29) is 24.4 Å². The van der Waals surface area contributed by atoms with Crippen molar-refractivity contribution < 1.29 is 9.21 Å². The van der Waals surface area contributed by atoms with Crippen molar-refractivity contribution in [2.45, 2.75) is 31.8 Å². The van der Waals surface area contributed by atoms with Crippen LogP contribution < -0.4 is 5.73 Å². The van der Waals surface area contributed by atoms with Crippen molar-refractivity contribution in [3.05, 3.63) is 42.1 Å². The summed E-state index contributed by atoms with van der Waals surface area (Å²) in [6.45, 7) is 1.88. The Balaban J connectivity index is 0.00000176. The zero-order chi connectivity index (χ0) is 14.7. The van der Waals surface area contributed by atoms with Gasteiger partial charge in [-0.2, -0.15) is 5.10 Å². The lowest BCUT2D eigenvalue weighted by atomic mass is 10.2.